The highest BCUT2D eigenvalue weighted by Gasteiger charge is 2.14. The Morgan fingerprint density at radius 2 is 1.89 bits per heavy atom. The van der Waals surface area contributed by atoms with Crippen LogP contribution in [0.5, 0.6) is 0 Å². The minimum atomic E-state index is -0.0819. The van der Waals surface area contributed by atoms with Gasteiger partial charge in [-0.1, -0.05) is 33.2 Å². The van der Waals surface area contributed by atoms with Gasteiger partial charge >= 0.3 is 6.01 Å². The van der Waals surface area contributed by atoms with Crippen LogP contribution in [0.3, 0.4) is 0 Å². The molecule has 5 heteroatoms. The van der Waals surface area contributed by atoms with Crippen molar-refractivity contribution < 1.29 is 4.52 Å². The Bertz CT molecular complexity index is 514. The Morgan fingerprint density at radius 1 is 1.22 bits per heavy atom. The maximum atomic E-state index is 5.16. The van der Waals surface area contributed by atoms with Gasteiger partial charge in [-0.2, -0.15) is 4.98 Å². The number of nitrogens with one attached hydrogen (secondary N) is 1. The standard InChI is InChI=1S/C13H16BrN3O/c1-13(2,3)16-12-15-11(17-18-12)8-9-4-6-10(14)7-5-9/h4-7H,8H2,1-3H3,(H,15,16,17). The summed E-state index contributed by atoms with van der Waals surface area (Å²) in [4.78, 5) is 4.31. The molecule has 18 heavy (non-hydrogen) atoms. The predicted molar refractivity (Wildman–Crippen MR) is 74.6 cm³/mol. The van der Waals surface area contributed by atoms with Crippen LogP contribution in [0.2, 0.25) is 0 Å². The topological polar surface area (TPSA) is 51.0 Å². The number of hydrogen-bond donors (Lipinski definition) is 1. The van der Waals surface area contributed by atoms with Crippen molar-refractivity contribution >= 4 is 21.9 Å². The number of hydrogen-bond acceptors (Lipinski definition) is 4. The van der Waals surface area contributed by atoms with E-state index in [0.717, 1.165) is 10.0 Å². The molecule has 1 N–H and O–H groups in total. The van der Waals surface area contributed by atoms with E-state index >= 15 is 0 Å². The molecular weight excluding hydrogens is 294 g/mol. The minimum Gasteiger partial charge on any atom is -0.333 e. The third-order valence-corrected chi connectivity index (χ3v) is 2.75. The molecular formula is C13H16BrN3O. The molecule has 0 aliphatic carbocycles. The Kier molecular flexibility index (Phi) is 3.71. The number of rotatable bonds is 3. The number of anilines is 1. The number of halogens is 1. The molecule has 1 aromatic heterocycles. The normalized spacial score (nSPS) is 11.6. The van der Waals surface area contributed by atoms with Crippen LogP contribution in [0.4, 0.5) is 6.01 Å². The second-order valence-corrected chi connectivity index (χ2v) is 6.11. The van der Waals surface area contributed by atoms with E-state index in [2.05, 4.69) is 31.4 Å². The van der Waals surface area contributed by atoms with E-state index in [9.17, 15) is 0 Å². The van der Waals surface area contributed by atoms with Crippen molar-refractivity contribution in [1.82, 2.24) is 10.1 Å². The summed E-state index contributed by atoms with van der Waals surface area (Å²) in [6.07, 6.45) is 0.669. The molecule has 0 bridgehead atoms. The lowest BCUT2D eigenvalue weighted by Crippen LogP contribution is -2.26. The molecule has 1 aromatic carbocycles. The van der Waals surface area contributed by atoms with Crippen molar-refractivity contribution in [1.29, 1.82) is 0 Å². The maximum absolute atomic E-state index is 5.16. The third-order valence-electron chi connectivity index (χ3n) is 2.23. The van der Waals surface area contributed by atoms with Gasteiger partial charge in [-0.3, -0.25) is 0 Å². The number of aromatic nitrogens is 2. The van der Waals surface area contributed by atoms with Gasteiger partial charge < -0.3 is 9.84 Å². The molecule has 0 aliphatic rings. The second kappa shape index (κ2) is 5.10. The fraction of sp³-hybridized carbons (Fsp3) is 0.385. The van der Waals surface area contributed by atoms with Crippen molar-refractivity contribution in [2.45, 2.75) is 32.7 Å². The van der Waals surface area contributed by atoms with Gasteiger partial charge in [-0.05, 0) is 38.5 Å². The minimum absolute atomic E-state index is 0.0819. The summed E-state index contributed by atoms with van der Waals surface area (Å²) in [5, 5.41) is 7.11. The first-order valence-corrected chi connectivity index (χ1v) is 6.57. The van der Waals surface area contributed by atoms with Crippen molar-refractivity contribution in [2.75, 3.05) is 5.32 Å². The summed E-state index contributed by atoms with van der Waals surface area (Å²) >= 11 is 3.41. The molecule has 0 saturated heterocycles. The molecule has 2 rings (SSSR count). The molecule has 0 radical (unpaired) electrons. The highest BCUT2D eigenvalue weighted by molar-refractivity contribution is 9.10. The molecule has 0 saturated carbocycles. The molecule has 0 aliphatic heterocycles. The van der Waals surface area contributed by atoms with Crippen molar-refractivity contribution in [3.63, 3.8) is 0 Å². The second-order valence-electron chi connectivity index (χ2n) is 5.19. The highest BCUT2D eigenvalue weighted by Crippen LogP contribution is 2.15. The Balaban J connectivity index is 2.04. The quantitative estimate of drug-likeness (QED) is 0.940. The molecule has 2 aromatic rings. The van der Waals surface area contributed by atoms with Crippen LogP contribution in [0.15, 0.2) is 33.3 Å². The van der Waals surface area contributed by atoms with E-state index in [1.807, 2.05) is 45.0 Å². The van der Waals surface area contributed by atoms with Crippen LogP contribution in [0.25, 0.3) is 0 Å². The molecule has 0 atom stereocenters. The van der Waals surface area contributed by atoms with E-state index in [1.54, 1.807) is 0 Å². The Labute approximate surface area is 115 Å². The summed E-state index contributed by atoms with van der Waals surface area (Å²) in [6.45, 7) is 6.14. The lowest BCUT2D eigenvalue weighted by Gasteiger charge is -2.17. The summed E-state index contributed by atoms with van der Waals surface area (Å²) in [6, 6.07) is 8.55. The maximum Gasteiger partial charge on any atom is 0.321 e. The zero-order chi connectivity index (χ0) is 13.2. The summed E-state index contributed by atoms with van der Waals surface area (Å²) < 4.78 is 6.22. The lowest BCUT2D eigenvalue weighted by molar-refractivity contribution is 0.413. The number of nitrogens with zero attached hydrogens (tertiary/aromatic N) is 2. The first-order chi connectivity index (χ1) is 8.42. The third kappa shape index (κ3) is 3.84. The van der Waals surface area contributed by atoms with E-state index < -0.39 is 0 Å². The molecule has 4 nitrogen and oxygen atoms in total. The summed E-state index contributed by atoms with van der Waals surface area (Å²) in [5.41, 5.74) is 1.07. The van der Waals surface area contributed by atoms with Crippen molar-refractivity contribution in [3.05, 3.63) is 40.1 Å². The first kappa shape index (κ1) is 13.1. The van der Waals surface area contributed by atoms with Crippen LogP contribution >= 0.6 is 15.9 Å². The van der Waals surface area contributed by atoms with Crippen LogP contribution < -0.4 is 5.32 Å². The fourth-order valence-corrected chi connectivity index (χ4v) is 1.75. The molecule has 0 unspecified atom stereocenters. The van der Waals surface area contributed by atoms with Crippen molar-refractivity contribution in [2.24, 2.45) is 0 Å². The van der Waals surface area contributed by atoms with Gasteiger partial charge in [0.1, 0.15) is 0 Å². The molecule has 0 spiro atoms. The zero-order valence-corrected chi connectivity index (χ0v) is 12.3. The monoisotopic (exact) mass is 309 g/mol. The predicted octanol–water partition coefficient (Wildman–Crippen LogP) is 3.63. The van der Waals surface area contributed by atoms with Crippen LogP contribution in [-0.4, -0.2) is 15.7 Å². The van der Waals surface area contributed by atoms with Gasteiger partial charge in [-0.15, -0.1) is 0 Å². The van der Waals surface area contributed by atoms with Crippen LogP contribution in [0, 0.1) is 0 Å². The average molecular weight is 310 g/mol. The Hall–Kier alpha value is -1.36. The SMILES string of the molecule is CC(C)(C)Nc1nc(Cc2ccc(Br)cc2)no1. The highest BCUT2D eigenvalue weighted by atomic mass is 79.9. The van der Waals surface area contributed by atoms with Gasteiger partial charge in [0.25, 0.3) is 0 Å². The van der Waals surface area contributed by atoms with E-state index in [1.165, 1.54) is 0 Å². The van der Waals surface area contributed by atoms with Gasteiger partial charge in [-0.25, -0.2) is 0 Å². The van der Waals surface area contributed by atoms with Gasteiger partial charge in [0, 0.05) is 16.4 Å². The molecule has 0 fully saturated rings. The molecule has 96 valence electrons. The largest absolute Gasteiger partial charge is 0.333 e. The smallest absolute Gasteiger partial charge is 0.321 e. The lowest BCUT2D eigenvalue weighted by atomic mass is 10.1. The van der Waals surface area contributed by atoms with Gasteiger partial charge in [0.2, 0.25) is 0 Å². The van der Waals surface area contributed by atoms with Crippen molar-refractivity contribution in [3.8, 4) is 0 Å². The first-order valence-electron chi connectivity index (χ1n) is 5.77. The average Bonchev–Trinajstić information content (AvgIpc) is 2.66. The van der Waals surface area contributed by atoms with Gasteiger partial charge in [0.05, 0.1) is 0 Å². The summed E-state index contributed by atoms with van der Waals surface area (Å²) in [7, 11) is 0. The zero-order valence-electron chi connectivity index (χ0n) is 10.7. The van der Waals surface area contributed by atoms with E-state index in [-0.39, 0.29) is 5.54 Å². The fourth-order valence-electron chi connectivity index (χ4n) is 1.48. The van der Waals surface area contributed by atoms with E-state index in [4.69, 9.17) is 4.52 Å². The van der Waals surface area contributed by atoms with E-state index in [0.29, 0.717) is 18.3 Å². The number of benzene rings is 1. The van der Waals surface area contributed by atoms with Crippen LogP contribution in [0.1, 0.15) is 32.2 Å². The Morgan fingerprint density at radius 3 is 2.50 bits per heavy atom. The molecule has 0 amide bonds. The van der Waals surface area contributed by atoms with Gasteiger partial charge in [0.15, 0.2) is 5.82 Å². The summed E-state index contributed by atoms with van der Waals surface area (Å²) in [5.74, 6) is 0.684. The molecule has 1 heterocycles. The van der Waals surface area contributed by atoms with Crippen LogP contribution in [-0.2, 0) is 6.42 Å².